The van der Waals surface area contributed by atoms with Gasteiger partial charge in [-0.2, -0.15) is 5.26 Å². The second kappa shape index (κ2) is 10.6. The van der Waals surface area contributed by atoms with Crippen molar-refractivity contribution in [3.05, 3.63) is 45.7 Å². The van der Waals surface area contributed by atoms with E-state index in [0.29, 0.717) is 22.2 Å². The third kappa shape index (κ3) is 5.12. The number of hydrogen-bond donors (Lipinski definition) is 3. The van der Waals surface area contributed by atoms with Gasteiger partial charge in [0.1, 0.15) is 21.9 Å². The predicted molar refractivity (Wildman–Crippen MR) is 120 cm³/mol. The van der Waals surface area contributed by atoms with Crippen LogP contribution < -0.4 is 10.6 Å². The minimum Gasteiger partial charge on any atom is -0.395 e. The Morgan fingerprint density at radius 1 is 1.36 bits per heavy atom. The maximum absolute atomic E-state index is 9.87. The number of thiophene rings is 1. The van der Waals surface area contributed by atoms with Crippen LogP contribution in [0.2, 0.25) is 10.0 Å². The second-order valence-electron chi connectivity index (χ2n) is 6.12. The van der Waals surface area contributed by atoms with Gasteiger partial charge in [0, 0.05) is 36.3 Å². The molecule has 0 unspecified atom stereocenters. The molecule has 0 amide bonds. The summed E-state index contributed by atoms with van der Waals surface area (Å²) in [4.78, 5) is 1.91. The van der Waals surface area contributed by atoms with Crippen molar-refractivity contribution >= 4 is 44.5 Å². The van der Waals surface area contributed by atoms with Gasteiger partial charge in [-0.15, -0.1) is 0 Å². The summed E-state index contributed by atoms with van der Waals surface area (Å²) in [6.45, 7) is 5.29. The van der Waals surface area contributed by atoms with E-state index < -0.39 is 0 Å². The molecule has 1 aromatic heterocycles. The highest BCUT2D eigenvalue weighted by atomic mass is 35.5. The summed E-state index contributed by atoms with van der Waals surface area (Å²) in [6, 6.07) is 7.59. The van der Waals surface area contributed by atoms with E-state index in [1.165, 1.54) is 11.3 Å². The molecule has 8 heteroatoms. The van der Waals surface area contributed by atoms with Gasteiger partial charge in [0.25, 0.3) is 0 Å². The smallest absolute Gasteiger partial charge is 0.109 e. The van der Waals surface area contributed by atoms with Crippen LogP contribution in [-0.4, -0.2) is 36.8 Å². The van der Waals surface area contributed by atoms with E-state index in [2.05, 4.69) is 23.6 Å². The van der Waals surface area contributed by atoms with Crippen molar-refractivity contribution in [3.8, 4) is 17.2 Å². The Labute approximate surface area is 180 Å². The number of hydrogen-bond acceptors (Lipinski definition) is 6. The molecule has 2 rings (SSSR count). The van der Waals surface area contributed by atoms with Crippen molar-refractivity contribution in [2.75, 3.05) is 37.4 Å². The molecule has 150 valence electrons. The molecule has 0 aliphatic carbocycles. The number of nitrogens with zero attached hydrogens (tertiary/aromatic N) is 2. The van der Waals surface area contributed by atoms with Crippen LogP contribution in [0.4, 0.5) is 10.0 Å². The van der Waals surface area contributed by atoms with Crippen molar-refractivity contribution < 1.29 is 5.11 Å². The highest BCUT2D eigenvalue weighted by Gasteiger charge is 2.22. The Balaban J connectivity index is 2.60. The average Bonchev–Trinajstić information content (AvgIpc) is 3.01. The van der Waals surface area contributed by atoms with E-state index in [1.54, 1.807) is 12.1 Å². The number of benzene rings is 1. The third-order valence-corrected chi connectivity index (χ3v) is 5.73. The Kier molecular flexibility index (Phi) is 8.46. The van der Waals surface area contributed by atoms with Crippen LogP contribution in [0.1, 0.15) is 25.8 Å². The summed E-state index contributed by atoms with van der Waals surface area (Å²) in [5, 5.41) is 28.5. The number of nitriles is 1. The largest absolute Gasteiger partial charge is 0.395 e. The van der Waals surface area contributed by atoms with Crippen LogP contribution in [0.25, 0.3) is 11.1 Å². The van der Waals surface area contributed by atoms with Crippen LogP contribution in [-0.2, 0) is 0 Å². The number of halogens is 2. The Morgan fingerprint density at radius 2 is 2.11 bits per heavy atom. The molecule has 0 aliphatic heterocycles. The number of anilines is 2. The summed E-state index contributed by atoms with van der Waals surface area (Å²) < 4.78 is 0. The van der Waals surface area contributed by atoms with Gasteiger partial charge >= 0.3 is 0 Å². The SMILES string of the molecule is CC=C(Nc1sc(NCCC)c(C#N)c1-c1ccc(Cl)cc1Cl)N(C)CCO. The molecule has 3 N–H and O–H groups in total. The first kappa shape index (κ1) is 22.4. The minimum absolute atomic E-state index is 0.0442. The zero-order valence-corrected chi connectivity index (χ0v) is 18.5. The standard InChI is InChI=1S/C20H24Cl2N4OS/c1-4-8-24-19-15(12-23)18(14-7-6-13(21)11-16(14)22)20(28-19)25-17(5-2)26(3)9-10-27/h5-7,11,24-25,27H,4,8-10H2,1-3H3. The Morgan fingerprint density at radius 3 is 2.68 bits per heavy atom. The highest BCUT2D eigenvalue weighted by molar-refractivity contribution is 7.21. The molecule has 0 spiro atoms. The maximum atomic E-state index is 9.87. The van der Waals surface area contributed by atoms with Crippen molar-refractivity contribution in [3.63, 3.8) is 0 Å². The summed E-state index contributed by atoms with van der Waals surface area (Å²) in [5.74, 6) is 0.827. The molecule has 0 bridgehead atoms. The normalized spacial score (nSPS) is 11.2. The molecule has 0 aliphatic rings. The van der Waals surface area contributed by atoms with Gasteiger partial charge in [0.15, 0.2) is 0 Å². The predicted octanol–water partition coefficient (Wildman–Crippen LogP) is 5.61. The average molecular weight is 439 g/mol. The van der Waals surface area contributed by atoms with Gasteiger partial charge in [0.05, 0.1) is 17.2 Å². The molecular weight excluding hydrogens is 415 g/mol. The van der Waals surface area contributed by atoms with E-state index in [4.69, 9.17) is 23.2 Å². The lowest BCUT2D eigenvalue weighted by Gasteiger charge is -2.23. The van der Waals surface area contributed by atoms with Crippen LogP contribution in [0, 0.1) is 11.3 Å². The van der Waals surface area contributed by atoms with E-state index in [9.17, 15) is 10.4 Å². The Bertz CT molecular complexity index is 889. The molecule has 1 aromatic carbocycles. The van der Waals surface area contributed by atoms with Gasteiger partial charge in [-0.3, -0.25) is 0 Å². The Hall–Kier alpha value is -1.91. The molecule has 2 aromatic rings. The molecular formula is C20H24Cl2N4OS. The maximum Gasteiger partial charge on any atom is 0.109 e. The van der Waals surface area contributed by atoms with Crippen LogP contribution in [0.5, 0.6) is 0 Å². The first-order valence-corrected chi connectivity index (χ1v) is 10.6. The lowest BCUT2D eigenvalue weighted by Crippen LogP contribution is -2.25. The molecule has 28 heavy (non-hydrogen) atoms. The molecule has 0 saturated carbocycles. The quantitative estimate of drug-likeness (QED) is 0.474. The molecule has 0 fully saturated rings. The molecule has 0 radical (unpaired) electrons. The summed E-state index contributed by atoms with van der Waals surface area (Å²) in [5.41, 5.74) is 2.03. The molecule has 0 atom stereocenters. The molecule has 1 heterocycles. The first-order chi connectivity index (χ1) is 13.5. The molecule has 0 saturated heterocycles. The van der Waals surface area contributed by atoms with Crippen LogP contribution in [0.15, 0.2) is 30.1 Å². The zero-order valence-electron chi connectivity index (χ0n) is 16.1. The van der Waals surface area contributed by atoms with E-state index in [0.717, 1.165) is 39.9 Å². The van der Waals surface area contributed by atoms with Gasteiger partial charge in [0.2, 0.25) is 0 Å². The monoisotopic (exact) mass is 438 g/mol. The summed E-state index contributed by atoms with van der Waals surface area (Å²) >= 11 is 14.0. The summed E-state index contributed by atoms with van der Waals surface area (Å²) in [6.07, 6.45) is 2.87. The van der Waals surface area contributed by atoms with Crippen LogP contribution >= 0.6 is 34.5 Å². The van der Waals surface area contributed by atoms with Gasteiger partial charge in [-0.25, -0.2) is 0 Å². The van der Waals surface area contributed by atoms with Gasteiger partial charge < -0.3 is 20.6 Å². The number of aliphatic hydroxyl groups is 1. The fourth-order valence-electron chi connectivity index (χ4n) is 2.71. The number of nitrogens with one attached hydrogen (secondary N) is 2. The highest BCUT2D eigenvalue weighted by Crippen LogP contribution is 2.46. The van der Waals surface area contributed by atoms with Crippen molar-refractivity contribution in [1.29, 1.82) is 5.26 Å². The first-order valence-electron chi connectivity index (χ1n) is 8.98. The second-order valence-corrected chi connectivity index (χ2v) is 7.98. The van der Waals surface area contributed by atoms with E-state index in [-0.39, 0.29) is 6.61 Å². The van der Waals surface area contributed by atoms with Crippen LogP contribution in [0.3, 0.4) is 0 Å². The topological polar surface area (TPSA) is 71.3 Å². The number of aliphatic hydroxyl groups excluding tert-OH is 1. The van der Waals surface area contributed by atoms with E-state index in [1.807, 2.05) is 31.0 Å². The molecule has 5 nitrogen and oxygen atoms in total. The lowest BCUT2D eigenvalue weighted by molar-refractivity contribution is 0.247. The fourth-order valence-corrected chi connectivity index (χ4v) is 4.31. The number of likely N-dealkylation sites (N-methyl/N-ethyl adjacent to an activating group) is 1. The summed E-state index contributed by atoms with van der Waals surface area (Å²) in [7, 11) is 1.89. The van der Waals surface area contributed by atoms with Crippen molar-refractivity contribution in [2.45, 2.75) is 20.3 Å². The van der Waals surface area contributed by atoms with Gasteiger partial charge in [-0.1, -0.05) is 47.5 Å². The van der Waals surface area contributed by atoms with Gasteiger partial charge in [-0.05, 0) is 31.6 Å². The van der Waals surface area contributed by atoms with Crippen molar-refractivity contribution in [2.24, 2.45) is 0 Å². The zero-order chi connectivity index (χ0) is 20.7. The number of rotatable bonds is 9. The van der Waals surface area contributed by atoms with Crippen molar-refractivity contribution in [1.82, 2.24) is 4.90 Å². The fraction of sp³-hybridized carbons (Fsp3) is 0.350. The minimum atomic E-state index is 0.0442. The lowest BCUT2D eigenvalue weighted by atomic mass is 10.0. The number of allylic oxidation sites excluding steroid dienone is 1. The third-order valence-electron chi connectivity index (χ3n) is 4.12. The van der Waals surface area contributed by atoms with E-state index >= 15 is 0 Å².